The second-order valence-electron chi connectivity index (χ2n) is 5.97. The Morgan fingerprint density at radius 1 is 1.22 bits per heavy atom. The Morgan fingerprint density at radius 2 is 1.91 bits per heavy atom. The van der Waals surface area contributed by atoms with Crippen molar-refractivity contribution in [1.82, 2.24) is 4.90 Å². The van der Waals surface area contributed by atoms with Gasteiger partial charge in [-0.25, -0.2) is 0 Å². The minimum absolute atomic E-state index is 0.109. The van der Waals surface area contributed by atoms with Crippen LogP contribution in [0.15, 0.2) is 18.2 Å². The summed E-state index contributed by atoms with van der Waals surface area (Å²) in [4.78, 5) is 16.7. The molecule has 1 aromatic carbocycles. The van der Waals surface area contributed by atoms with Crippen LogP contribution in [0.2, 0.25) is 5.02 Å². The number of hydrogen-bond donors (Lipinski definition) is 0. The smallest absolute Gasteiger partial charge is 0.225 e. The number of carbonyl (C=O) groups excluding carboxylic acids is 1. The van der Waals surface area contributed by atoms with Gasteiger partial charge in [0.25, 0.3) is 0 Å². The number of carbonyl (C=O) groups is 1. The molecule has 2 fully saturated rings. The number of amides is 1. The monoisotopic (exact) mass is 333 g/mol. The predicted octanol–water partition coefficient (Wildman–Crippen LogP) is 2.29. The molecule has 0 N–H and O–H groups in total. The molecule has 1 aromatic rings. The molecule has 23 heavy (non-hydrogen) atoms. The van der Waals surface area contributed by atoms with Crippen molar-refractivity contribution < 1.29 is 9.53 Å². The summed E-state index contributed by atoms with van der Waals surface area (Å²) in [5, 5.41) is 9.42. The molecular formula is C17H20ClN3O2. The normalized spacial score (nSPS) is 19.5. The van der Waals surface area contributed by atoms with Crippen molar-refractivity contribution in [3.63, 3.8) is 0 Å². The van der Waals surface area contributed by atoms with Gasteiger partial charge in [-0.3, -0.25) is 4.79 Å². The van der Waals surface area contributed by atoms with Crippen molar-refractivity contribution >= 4 is 23.2 Å². The number of nitrogens with zero attached hydrogens (tertiary/aromatic N) is 3. The molecular weight excluding hydrogens is 314 g/mol. The first-order chi connectivity index (χ1) is 11.2. The van der Waals surface area contributed by atoms with Crippen LogP contribution in [0.5, 0.6) is 0 Å². The minimum Gasteiger partial charge on any atom is -0.378 e. The first-order valence-electron chi connectivity index (χ1n) is 8.00. The third-order valence-electron chi connectivity index (χ3n) is 4.61. The second kappa shape index (κ2) is 7.20. The Labute approximate surface area is 141 Å². The van der Waals surface area contributed by atoms with Gasteiger partial charge in [-0.2, -0.15) is 5.26 Å². The summed E-state index contributed by atoms with van der Waals surface area (Å²) >= 11 is 6.11. The zero-order valence-electron chi connectivity index (χ0n) is 13.0. The number of ether oxygens (including phenoxy) is 1. The van der Waals surface area contributed by atoms with E-state index in [1.807, 2.05) is 17.0 Å². The van der Waals surface area contributed by atoms with Crippen LogP contribution in [-0.2, 0) is 9.53 Å². The number of morpholine rings is 1. The third kappa shape index (κ3) is 3.60. The molecule has 0 unspecified atom stereocenters. The molecule has 3 rings (SSSR count). The van der Waals surface area contributed by atoms with E-state index in [1.54, 1.807) is 6.07 Å². The van der Waals surface area contributed by atoms with E-state index in [2.05, 4.69) is 11.0 Å². The number of anilines is 1. The summed E-state index contributed by atoms with van der Waals surface area (Å²) in [7, 11) is 0. The molecule has 0 spiro atoms. The van der Waals surface area contributed by atoms with Crippen molar-refractivity contribution in [2.45, 2.75) is 12.8 Å². The number of nitriles is 1. The van der Waals surface area contributed by atoms with Gasteiger partial charge in [-0.1, -0.05) is 11.6 Å². The van der Waals surface area contributed by atoms with Crippen LogP contribution in [0.25, 0.3) is 0 Å². The fourth-order valence-electron chi connectivity index (χ4n) is 3.22. The van der Waals surface area contributed by atoms with E-state index in [-0.39, 0.29) is 11.8 Å². The van der Waals surface area contributed by atoms with E-state index in [1.165, 1.54) is 0 Å². The highest BCUT2D eigenvalue weighted by atomic mass is 35.5. The fourth-order valence-corrected chi connectivity index (χ4v) is 3.44. The zero-order valence-corrected chi connectivity index (χ0v) is 13.8. The van der Waals surface area contributed by atoms with Crippen LogP contribution in [0, 0.1) is 17.2 Å². The third-order valence-corrected chi connectivity index (χ3v) is 4.92. The lowest BCUT2D eigenvalue weighted by Gasteiger charge is -2.36. The standard InChI is InChI=1S/C17H20ClN3O2/c18-16-11-15(2-1-14(16)12-19)20-5-3-13(4-6-20)17(22)21-7-9-23-10-8-21/h1-2,11,13H,3-10H2. The van der Waals surface area contributed by atoms with Gasteiger partial charge in [-0.05, 0) is 31.0 Å². The maximum absolute atomic E-state index is 12.5. The number of hydrogen-bond acceptors (Lipinski definition) is 4. The zero-order chi connectivity index (χ0) is 16.2. The van der Waals surface area contributed by atoms with Gasteiger partial charge < -0.3 is 14.5 Å². The average molecular weight is 334 g/mol. The fraction of sp³-hybridized carbons (Fsp3) is 0.529. The Bertz CT molecular complexity index is 615. The lowest BCUT2D eigenvalue weighted by atomic mass is 9.94. The molecule has 1 amide bonds. The van der Waals surface area contributed by atoms with Gasteiger partial charge in [0.2, 0.25) is 5.91 Å². The number of rotatable bonds is 2. The van der Waals surface area contributed by atoms with Gasteiger partial charge in [0.1, 0.15) is 6.07 Å². The highest BCUT2D eigenvalue weighted by Crippen LogP contribution is 2.28. The van der Waals surface area contributed by atoms with Crippen molar-refractivity contribution in [1.29, 1.82) is 5.26 Å². The number of benzene rings is 1. The molecule has 0 aromatic heterocycles. The molecule has 5 nitrogen and oxygen atoms in total. The lowest BCUT2D eigenvalue weighted by molar-refractivity contribution is -0.140. The van der Waals surface area contributed by atoms with E-state index >= 15 is 0 Å². The van der Waals surface area contributed by atoms with Gasteiger partial charge >= 0.3 is 0 Å². The molecule has 2 saturated heterocycles. The Hall–Kier alpha value is -1.77. The largest absolute Gasteiger partial charge is 0.378 e. The Balaban J connectivity index is 1.59. The first kappa shape index (κ1) is 16.1. The highest BCUT2D eigenvalue weighted by molar-refractivity contribution is 6.32. The van der Waals surface area contributed by atoms with Gasteiger partial charge in [0, 0.05) is 37.8 Å². The van der Waals surface area contributed by atoms with Crippen LogP contribution in [0.4, 0.5) is 5.69 Å². The maximum Gasteiger partial charge on any atom is 0.225 e. The molecule has 2 aliphatic heterocycles. The molecule has 2 heterocycles. The molecule has 0 atom stereocenters. The minimum atomic E-state index is 0.109. The van der Waals surface area contributed by atoms with Crippen molar-refractivity contribution in [2.24, 2.45) is 5.92 Å². The van der Waals surface area contributed by atoms with E-state index in [0.29, 0.717) is 36.9 Å². The summed E-state index contributed by atoms with van der Waals surface area (Å²) < 4.78 is 5.30. The Kier molecular flexibility index (Phi) is 5.04. The van der Waals surface area contributed by atoms with E-state index < -0.39 is 0 Å². The van der Waals surface area contributed by atoms with E-state index in [9.17, 15) is 4.79 Å². The molecule has 0 aliphatic carbocycles. The van der Waals surface area contributed by atoms with Crippen LogP contribution in [0.3, 0.4) is 0 Å². The predicted molar refractivity (Wildman–Crippen MR) is 88.5 cm³/mol. The summed E-state index contributed by atoms with van der Waals surface area (Å²) in [6, 6.07) is 7.59. The summed E-state index contributed by atoms with van der Waals surface area (Å²) in [5.74, 6) is 0.379. The molecule has 6 heteroatoms. The van der Waals surface area contributed by atoms with Crippen molar-refractivity contribution in [3.8, 4) is 6.07 Å². The second-order valence-corrected chi connectivity index (χ2v) is 6.38. The lowest BCUT2D eigenvalue weighted by Crippen LogP contribution is -2.46. The molecule has 0 saturated carbocycles. The van der Waals surface area contributed by atoms with Crippen molar-refractivity contribution in [2.75, 3.05) is 44.3 Å². The van der Waals surface area contributed by atoms with Gasteiger partial charge in [0.15, 0.2) is 0 Å². The van der Waals surface area contributed by atoms with Crippen LogP contribution in [-0.4, -0.2) is 50.2 Å². The summed E-state index contributed by atoms with van der Waals surface area (Å²) in [6.45, 7) is 4.39. The number of piperidine rings is 1. The van der Waals surface area contributed by atoms with E-state index in [0.717, 1.165) is 31.6 Å². The molecule has 122 valence electrons. The topological polar surface area (TPSA) is 56.6 Å². The van der Waals surface area contributed by atoms with Gasteiger partial charge in [-0.15, -0.1) is 0 Å². The average Bonchev–Trinajstić information content (AvgIpc) is 2.62. The Morgan fingerprint density at radius 3 is 2.52 bits per heavy atom. The molecule has 0 bridgehead atoms. The SMILES string of the molecule is N#Cc1ccc(N2CCC(C(=O)N3CCOCC3)CC2)cc1Cl. The molecule has 2 aliphatic rings. The highest BCUT2D eigenvalue weighted by Gasteiger charge is 2.29. The first-order valence-corrected chi connectivity index (χ1v) is 8.38. The van der Waals surface area contributed by atoms with Crippen LogP contribution < -0.4 is 4.90 Å². The maximum atomic E-state index is 12.5. The van der Waals surface area contributed by atoms with E-state index in [4.69, 9.17) is 21.6 Å². The van der Waals surface area contributed by atoms with Crippen LogP contribution in [0.1, 0.15) is 18.4 Å². The summed E-state index contributed by atoms with van der Waals surface area (Å²) in [6.07, 6.45) is 1.71. The van der Waals surface area contributed by atoms with Crippen molar-refractivity contribution in [3.05, 3.63) is 28.8 Å². The van der Waals surface area contributed by atoms with Crippen LogP contribution >= 0.6 is 11.6 Å². The quantitative estimate of drug-likeness (QED) is 0.833. The summed E-state index contributed by atoms with van der Waals surface area (Å²) in [5.41, 5.74) is 1.51. The number of halogens is 1. The molecule has 0 radical (unpaired) electrons. The van der Waals surface area contributed by atoms with Gasteiger partial charge in [0.05, 0.1) is 23.8 Å².